The molecule has 7 heteroatoms. The number of hydrogen-bond donors (Lipinski definition) is 3. The van der Waals surface area contributed by atoms with Gasteiger partial charge in [0.1, 0.15) is 11.5 Å². The minimum atomic E-state index is -0.0897. The van der Waals surface area contributed by atoms with E-state index in [2.05, 4.69) is 15.6 Å². The number of aryl methyl sites for hydroxylation is 1. The van der Waals surface area contributed by atoms with Gasteiger partial charge < -0.3 is 25.1 Å². The van der Waals surface area contributed by atoms with Gasteiger partial charge in [0.05, 0.1) is 19.9 Å². The molecule has 0 aliphatic heterocycles. The molecule has 0 saturated heterocycles. The Balaban J connectivity index is 1.53. The number of fused-ring (bicyclic) bond motifs is 1. The van der Waals surface area contributed by atoms with Crippen molar-refractivity contribution >= 4 is 34.1 Å². The maximum absolute atomic E-state index is 12.3. The molecule has 3 aromatic rings. The van der Waals surface area contributed by atoms with Crippen LogP contribution >= 0.6 is 11.6 Å². The molecule has 0 saturated carbocycles. The summed E-state index contributed by atoms with van der Waals surface area (Å²) in [5.74, 6) is 1.28. The van der Waals surface area contributed by atoms with Gasteiger partial charge in [-0.3, -0.25) is 4.79 Å². The standard InChI is InChI=1S/C21H24ClN3O3/c1-13-8-19(20(28-3)10-17(13)22)25-21(26)6-7-23-11-14-12-24-18-5-4-15(27-2)9-16(14)18/h4-5,8-10,12,23-24H,6-7,11H2,1-3H3,(H,25,26). The summed E-state index contributed by atoms with van der Waals surface area (Å²) in [5.41, 5.74) is 3.69. The molecule has 1 heterocycles. The number of aromatic nitrogens is 1. The first kappa shape index (κ1) is 20.0. The highest BCUT2D eigenvalue weighted by Crippen LogP contribution is 2.31. The highest BCUT2D eigenvalue weighted by atomic mass is 35.5. The summed E-state index contributed by atoms with van der Waals surface area (Å²) in [5, 5.41) is 7.90. The number of nitrogens with one attached hydrogen (secondary N) is 3. The second-order valence-corrected chi connectivity index (χ2v) is 6.91. The van der Waals surface area contributed by atoms with Crippen molar-refractivity contribution in [2.24, 2.45) is 0 Å². The van der Waals surface area contributed by atoms with Crippen molar-refractivity contribution in [2.75, 3.05) is 26.1 Å². The first-order valence-corrected chi connectivity index (χ1v) is 9.38. The molecule has 0 fully saturated rings. The molecule has 3 N–H and O–H groups in total. The van der Waals surface area contributed by atoms with Gasteiger partial charge >= 0.3 is 0 Å². The summed E-state index contributed by atoms with van der Waals surface area (Å²) in [6.45, 7) is 3.09. The van der Waals surface area contributed by atoms with E-state index in [9.17, 15) is 4.79 Å². The Hall–Kier alpha value is -2.70. The monoisotopic (exact) mass is 401 g/mol. The minimum absolute atomic E-state index is 0.0897. The molecule has 1 aromatic heterocycles. The van der Waals surface area contributed by atoms with Crippen LogP contribution in [0.1, 0.15) is 17.5 Å². The lowest BCUT2D eigenvalue weighted by Crippen LogP contribution is -2.21. The van der Waals surface area contributed by atoms with E-state index in [4.69, 9.17) is 21.1 Å². The number of hydrogen-bond acceptors (Lipinski definition) is 4. The summed E-state index contributed by atoms with van der Waals surface area (Å²) in [6.07, 6.45) is 2.31. The molecule has 148 valence electrons. The third kappa shape index (κ3) is 4.58. The summed E-state index contributed by atoms with van der Waals surface area (Å²) in [6, 6.07) is 9.44. The van der Waals surface area contributed by atoms with Crippen molar-refractivity contribution in [3.63, 3.8) is 0 Å². The van der Waals surface area contributed by atoms with Crippen LogP contribution in [0.3, 0.4) is 0 Å². The molecular weight excluding hydrogens is 378 g/mol. The molecule has 0 spiro atoms. The molecule has 0 bridgehead atoms. The highest BCUT2D eigenvalue weighted by molar-refractivity contribution is 6.31. The Morgan fingerprint density at radius 2 is 2.00 bits per heavy atom. The Morgan fingerprint density at radius 1 is 1.18 bits per heavy atom. The molecule has 0 atom stereocenters. The van der Waals surface area contributed by atoms with Crippen LogP contribution in [-0.4, -0.2) is 31.7 Å². The quantitative estimate of drug-likeness (QED) is 0.493. The number of halogens is 1. The largest absolute Gasteiger partial charge is 0.497 e. The molecular formula is C21H24ClN3O3. The fourth-order valence-corrected chi connectivity index (χ4v) is 3.15. The maximum Gasteiger partial charge on any atom is 0.225 e. The maximum atomic E-state index is 12.3. The first-order chi connectivity index (χ1) is 13.5. The molecule has 0 aliphatic rings. The zero-order valence-electron chi connectivity index (χ0n) is 16.2. The van der Waals surface area contributed by atoms with E-state index in [1.165, 1.54) is 0 Å². The second-order valence-electron chi connectivity index (χ2n) is 6.50. The van der Waals surface area contributed by atoms with Crippen LogP contribution in [0.4, 0.5) is 5.69 Å². The normalized spacial score (nSPS) is 10.9. The molecule has 0 unspecified atom stereocenters. The van der Waals surface area contributed by atoms with Crippen molar-refractivity contribution in [1.82, 2.24) is 10.3 Å². The molecule has 1 amide bonds. The van der Waals surface area contributed by atoms with Crippen LogP contribution in [0.15, 0.2) is 36.5 Å². The summed E-state index contributed by atoms with van der Waals surface area (Å²) >= 11 is 6.10. The fourth-order valence-electron chi connectivity index (χ4n) is 3.00. The van der Waals surface area contributed by atoms with E-state index < -0.39 is 0 Å². The Bertz CT molecular complexity index is 984. The zero-order chi connectivity index (χ0) is 20.1. The molecule has 0 aliphatic carbocycles. The van der Waals surface area contributed by atoms with Gasteiger partial charge in [-0.25, -0.2) is 0 Å². The lowest BCUT2D eigenvalue weighted by Gasteiger charge is -2.12. The number of rotatable bonds is 8. The van der Waals surface area contributed by atoms with Gasteiger partial charge in [-0.05, 0) is 42.3 Å². The van der Waals surface area contributed by atoms with Gasteiger partial charge in [-0.2, -0.15) is 0 Å². The van der Waals surface area contributed by atoms with Gasteiger partial charge in [0.15, 0.2) is 0 Å². The van der Waals surface area contributed by atoms with Gasteiger partial charge in [0.25, 0.3) is 0 Å². The number of methoxy groups -OCH3 is 2. The molecule has 0 radical (unpaired) electrons. The summed E-state index contributed by atoms with van der Waals surface area (Å²) in [4.78, 5) is 15.5. The van der Waals surface area contributed by atoms with Crippen LogP contribution in [-0.2, 0) is 11.3 Å². The van der Waals surface area contributed by atoms with Gasteiger partial charge in [0.2, 0.25) is 5.91 Å². The molecule has 28 heavy (non-hydrogen) atoms. The van der Waals surface area contributed by atoms with E-state index in [1.54, 1.807) is 20.3 Å². The smallest absolute Gasteiger partial charge is 0.225 e. The van der Waals surface area contributed by atoms with Crippen LogP contribution in [0.5, 0.6) is 11.5 Å². The van der Waals surface area contributed by atoms with E-state index in [0.29, 0.717) is 36.0 Å². The van der Waals surface area contributed by atoms with Gasteiger partial charge in [-0.1, -0.05) is 11.6 Å². The summed E-state index contributed by atoms with van der Waals surface area (Å²) in [7, 11) is 3.20. The summed E-state index contributed by atoms with van der Waals surface area (Å²) < 4.78 is 10.6. The number of benzene rings is 2. The van der Waals surface area contributed by atoms with E-state index >= 15 is 0 Å². The number of H-pyrrole nitrogens is 1. The average molecular weight is 402 g/mol. The third-order valence-electron chi connectivity index (χ3n) is 4.57. The van der Waals surface area contributed by atoms with E-state index in [0.717, 1.165) is 27.8 Å². The fraction of sp³-hybridized carbons (Fsp3) is 0.286. The second kappa shape index (κ2) is 8.99. The Labute approximate surface area is 169 Å². The molecule has 2 aromatic carbocycles. The highest BCUT2D eigenvalue weighted by Gasteiger charge is 2.11. The lowest BCUT2D eigenvalue weighted by molar-refractivity contribution is -0.116. The van der Waals surface area contributed by atoms with Crippen molar-refractivity contribution in [2.45, 2.75) is 19.9 Å². The number of anilines is 1. The van der Waals surface area contributed by atoms with Crippen molar-refractivity contribution in [3.05, 3.63) is 52.7 Å². The van der Waals surface area contributed by atoms with Crippen LogP contribution in [0.25, 0.3) is 10.9 Å². The number of carbonyl (C=O) groups is 1. The van der Waals surface area contributed by atoms with Gasteiger partial charge in [-0.15, -0.1) is 0 Å². The topological polar surface area (TPSA) is 75.4 Å². The van der Waals surface area contributed by atoms with Crippen LogP contribution in [0, 0.1) is 6.92 Å². The van der Waals surface area contributed by atoms with Crippen molar-refractivity contribution in [1.29, 1.82) is 0 Å². The predicted octanol–water partition coefficient (Wildman–Crippen LogP) is 4.27. The van der Waals surface area contributed by atoms with Crippen molar-refractivity contribution < 1.29 is 14.3 Å². The molecule has 6 nitrogen and oxygen atoms in total. The lowest BCUT2D eigenvalue weighted by atomic mass is 10.1. The number of carbonyl (C=O) groups excluding carboxylic acids is 1. The Kier molecular flexibility index (Phi) is 6.44. The minimum Gasteiger partial charge on any atom is -0.497 e. The Morgan fingerprint density at radius 3 is 2.75 bits per heavy atom. The van der Waals surface area contributed by atoms with Crippen LogP contribution in [0.2, 0.25) is 5.02 Å². The predicted molar refractivity (Wildman–Crippen MR) is 113 cm³/mol. The van der Waals surface area contributed by atoms with E-state index in [-0.39, 0.29) is 5.91 Å². The number of ether oxygens (including phenoxy) is 2. The zero-order valence-corrected chi connectivity index (χ0v) is 16.9. The van der Waals surface area contributed by atoms with E-state index in [1.807, 2.05) is 37.4 Å². The van der Waals surface area contributed by atoms with Gasteiger partial charge in [0, 0.05) is 47.7 Å². The number of aromatic amines is 1. The average Bonchev–Trinajstić information content (AvgIpc) is 3.10. The number of amides is 1. The SMILES string of the molecule is COc1ccc2[nH]cc(CNCCC(=O)Nc3cc(C)c(Cl)cc3OC)c2c1. The molecule has 3 rings (SSSR count). The van der Waals surface area contributed by atoms with Crippen molar-refractivity contribution in [3.8, 4) is 11.5 Å². The third-order valence-corrected chi connectivity index (χ3v) is 4.98. The first-order valence-electron chi connectivity index (χ1n) is 9.00. The van der Waals surface area contributed by atoms with Crippen LogP contribution < -0.4 is 20.1 Å².